The minimum atomic E-state index is -0.672. The van der Waals surface area contributed by atoms with Crippen molar-refractivity contribution < 1.29 is 22.8 Å². The molecule has 0 unspecified atom stereocenters. The van der Waals surface area contributed by atoms with Crippen LogP contribution in [0.15, 0.2) is 42.6 Å². The maximum Gasteiger partial charge on any atom is 0.249 e. The van der Waals surface area contributed by atoms with E-state index in [2.05, 4.69) is 0 Å². The molecule has 2 aromatic carbocycles. The van der Waals surface area contributed by atoms with Crippen molar-refractivity contribution in [2.75, 3.05) is 6.61 Å². The molecule has 0 spiro atoms. The van der Waals surface area contributed by atoms with E-state index >= 15 is 0 Å². The van der Waals surface area contributed by atoms with Gasteiger partial charge in [-0.3, -0.25) is 9.63 Å². The summed E-state index contributed by atoms with van der Waals surface area (Å²) in [4.78, 5) is 18.8. The fourth-order valence-electron chi connectivity index (χ4n) is 5.28. The smallest absolute Gasteiger partial charge is 0.249 e. The van der Waals surface area contributed by atoms with Crippen molar-refractivity contribution in [2.24, 2.45) is 11.8 Å². The lowest BCUT2D eigenvalue weighted by atomic mass is 9.81. The lowest BCUT2D eigenvalue weighted by molar-refractivity contribution is -0.183. The van der Waals surface area contributed by atoms with Crippen molar-refractivity contribution in [2.45, 2.75) is 44.7 Å². The van der Waals surface area contributed by atoms with Crippen LogP contribution in [0.5, 0.6) is 0 Å². The van der Waals surface area contributed by atoms with Crippen LogP contribution in [0.1, 0.15) is 49.3 Å². The number of carbonyl (C=O) groups is 1. The first-order valence-corrected chi connectivity index (χ1v) is 11.5. The van der Waals surface area contributed by atoms with Gasteiger partial charge < -0.3 is 4.57 Å². The van der Waals surface area contributed by atoms with Gasteiger partial charge in [0.1, 0.15) is 17.5 Å². The summed E-state index contributed by atoms with van der Waals surface area (Å²) in [6.07, 6.45) is 5.35. The third-order valence-electron chi connectivity index (χ3n) is 7.01. The molecule has 2 fully saturated rings. The molecule has 3 aromatic rings. The molecular weight excluding hydrogens is 443 g/mol. The van der Waals surface area contributed by atoms with E-state index in [-0.39, 0.29) is 17.4 Å². The molecule has 34 heavy (non-hydrogen) atoms. The highest BCUT2D eigenvalue weighted by molar-refractivity contribution is 5.82. The predicted octanol–water partition coefficient (Wildman–Crippen LogP) is 5.64. The number of amides is 1. The molecule has 2 aliphatic rings. The summed E-state index contributed by atoms with van der Waals surface area (Å²) in [5, 5.41) is 11.0. The lowest BCUT2D eigenvalue weighted by Crippen LogP contribution is -2.37. The van der Waals surface area contributed by atoms with Gasteiger partial charge in [-0.1, -0.05) is 0 Å². The molecule has 5 rings (SSSR count). The molecule has 1 saturated heterocycles. The van der Waals surface area contributed by atoms with Crippen LogP contribution in [0, 0.1) is 40.6 Å². The van der Waals surface area contributed by atoms with Gasteiger partial charge in [0.2, 0.25) is 5.91 Å². The monoisotopic (exact) mass is 467 g/mol. The van der Waals surface area contributed by atoms with E-state index in [0.717, 1.165) is 18.9 Å². The SMILES string of the molecule is N#Cc1cc(F)c2ccn(C[C@H]3CC[C@H](C(=O)N4OCC[C@H]4c4cc(F)cc(F)c4)CC3)c2c1. The van der Waals surface area contributed by atoms with E-state index in [0.29, 0.717) is 54.8 Å². The Labute approximate surface area is 195 Å². The van der Waals surface area contributed by atoms with Gasteiger partial charge in [-0.25, -0.2) is 18.2 Å². The average Bonchev–Trinajstić information content (AvgIpc) is 3.46. The minimum absolute atomic E-state index is 0.141. The lowest BCUT2D eigenvalue weighted by Gasteiger charge is -2.32. The second-order valence-corrected chi connectivity index (χ2v) is 9.19. The number of aromatic nitrogens is 1. The maximum absolute atomic E-state index is 14.3. The van der Waals surface area contributed by atoms with Gasteiger partial charge in [0.05, 0.1) is 29.8 Å². The number of benzene rings is 2. The second-order valence-electron chi connectivity index (χ2n) is 9.19. The Bertz CT molecular complexity index is 1250. The van der Waals surface area contributed by atoms with Crippen molar-refractivity contribution >= 4 is 16.8 Å². The number of fused-ring (bicyclic) bond motifs is 1. The maximum atomic E-state index is 14.3. The van der Waals surface area contributed by atoms with E-state index in [9.17, 15) is 18.0 Å². The topological polar surface area (TPSA) is 58.3 Å². The molecule has 1 aliphatic heterocycles. The van der Waals surface area contributed by atoms with Crippen molar-refractivity contribution in [3.05, 3.63) is 71.2 Å². The summed E-state index contributed by atoms with van der Waals surface area (Å²) in [6, 6.07) is 9.49. The third kappa shape index (κ3) is 4.28. The van der Waals surface area contributed by atoms with Gasteiger partial charge in [0.15, 0.2) is 0 Å². The van der Waals surface area contributed by atoms with Crippen LogP contribution in [0.2, 0.25) is 0 Å². The van der Waals surface area contributed by atoms with Crippen molar-refractivity contribution in [3.8, 4) is 6.07 Å². The predicted molar refractivity (Wildman–Crippen MR) is 119 cm³/mol. The van der Waals surface area contributed by atoms with Crippen LogP contribution in [-0.4, -0.2) is 22.1 Å². The van der Waals surface area contributed by atoms with Crippen LogP contribution in [0.4, 0.5) is 13.2 Å². The Morgan fingerprint density at radius 1 is 1.03 bits per heavy atom. The highest BCUT2D eigenvalue weighted by atomic mass is 19.1. The number of halogens is 3. The first-order valence-electron chi connectivity index (χ1n) is 11.5. The first-order chi connectivity index (χ1) is 16.4. The molecule has 2 heterocycles. The molecule has 176 valence electrons. The van der Waals surface area contributed by atoms with Gasteiger partial charge >= 0.3 is 0 Å². The third-order valence-corrected chi connectivity index (χ3v) is 7.01. The first kappa shape index (κ1) is 22.5. The summed E-state index contributed by atoms with van der Waals surface area (Å²) in [7, 11) is 0. The highest BCUT2D eigenvalue weighted by Crippen LogP contribution is 2.37. The summed E-state index contributed by atoms with van der Waals surface area (Å²) in [5.74, 6) is -1.78. The molecule has 0 N–H and O–H groups in total. The Kier molecular flexibility index (Phi) is 6.05. The fourth-order valence-corrected chi connectivity index (χ4v) is 5.28. The van der Waals surface area contributed by atoms with Gasteiger partial charge in [-0.2, -0.15) is 5.26 Å². The fraction of sp³-hybridized carbons (Fsp3) is 0.385. The number of carbonyl (C=O) groups excluding carboxylic acids is 1. The van der Waals surface area contributed by atoms with Crippen molar-refractivity contribution in [1.82, 2.24) is 9.63 Å². The zero-order valence-corrected chi connectivity index (χ0v) is 18.5. The second kappa shape index (κ2) is 9.15. The Balaban J connectivity index is 1.24. The van der Waals surface area contributed by atoms with Crippen LogP contribution >= 0.6 is 0 Å². The summed E-state index contributed by atoms with van der Waals surface area (Å²) in [6.45, 7) is 1.01. The van der Waals surface area contributed by atoms with Gasteiger partial charge in [0.25, 0.3) is 0 Å². The van der Waals surface area contributed by atoms with Crippen LogP contribution < -0.4 is 0 Å². The van der Waals surface area contributed by atoms with Crippen LogP contribution in [-0.2, 0) is 16.2 Å². The Hall–Kier alpha value is -3.31. The number of rotatable bonds is 4. The van der Waals surface area contributed by atoms with E-state index < -0.39 is 23.5 Å². The largest absolute Gasteiger partial charge is 0.347 e. The van der Waals surface area contributed by atoms with Crippen molar-refractivity contribution in [1.29, 1.82) is 5.26 Å². The van der Waals surface area contributed by atoms with E-state index in [1.165, 1.54) is 23.3 Å². The molecule has 8 heteroatoms. The number of hydrogen-bond donors (Lipinski definition) is 0. The highest BCUT2D eigenvalue weighted by Gasteiger charge is 2.37. The number of hydrogen-bond acceptors (Lipinski definition) is 3. The number of hydroxylamine groups is 2. The van der Waals surface area contributed by atoms with Gasteiger partial charge in [-0.05, 0) is 67.5 Å². The van der Waals surface area contributed by atoms with Crippen LogP contribution in [0.25, 0.3) is 10.9 Å². The molecular formula is C26H24F3N3O2. The summed E-state index contributed by atoms with van der Waals surface area (Å²) in [5.41, 5.74) is 1.39. The summed E-state index contributed by atoms with van der Waals surface area (Å²) >= 11 is 0. The molecule has 0 radical (unpaired) electrons. The average molecular weight is 467 g/mol. The summed E-state index contributed by atoms with van der Waals surface area (Å²) < 4.78 is 43.6. The van der Waals surface area contributed by atoms with Gasteiger partial charge in [-0.15, -0.1) is 0 Å². The zero-order chi connectivity index (χ0) is 23.8. The number of nitriles is 1. The van der Waals surface area contributed by atoms with E-state index in [1.54, 1.807) is 12.1 Å². The number of nitrogens with zero attached hydrogens (tertiary/aromatic N) is 3. The zero-order valence-electron chi connectivity index (χ0n) is 18.5. The molecule has 1 atom stereocenters. The molecule has 1 aliphatic carbocycles. The molecule has 5 nitrogen and oxygen atoms in total. The molecule has 0 bridgehead atoms. The minimum Gasteiger partial charge on any atom is -0.347 e. The normalized spacial score (nSPS) is 22.8. The van der Waals surface area contributed by atoms with Gasteiger partial charge in [0, 0.05) is 36.5 Å². The van der Waals surface area contributed by atoms with Crippen molar-refractivity contribution in [3.63, 3.8) is 0 Å². The Morgan fingerprint density at radius 3 is 2.47 bits per heavy atom. The van der Waals surface area contributed by atoms with E-state index in [4.69, 9.17) is 10.1 Å². The van der Waals surface area contributed by atoms with Crippen LogP contribution in [0.3, 0.4) is 0 Å². The molecule has 1 aromatic heterocycles. The standard InChI is InChI=1S/C26H24F3N3O2/c27-20-11-19(12-21(28)13-20)24-6-8-34-32(24)26(33)18-3-1-16(2-4-18)15-31-7-5-22-23(29)9-17(14-30)10-25(22)31/h5,7,9-13,16,18,24H,1-4,6,8,15H2/t16-,18-,24-/m0/s1. The molecule has 1 saturated carbocycles. The Morgan fingerprint density at radius 2 is 1.76 bits per heavy atom. The van der Waals surface area contributed by atoms with E-state index in [1.807, 2.05) is 16.8 Å². The molecule has 1 amide bonds. The quantitative estimate of drug-likeness (QED) is 0.499.